The number of benzene rings is 1. The molecule has 0 aliphatic heterocycles. The van der Waals surface area contributed by atoms with E-state index in [-0.39, 0.29) is 5.97 Å². The predicted octanol–water partition coefficient (Wildman–Crippen LogP) is 4.13. The first-order valence-electron chi connectivity index (χ1n) is 7.13. The Hall–Kier alpha value is -1.03. The topological polar surface area (TPSA) is 35.5 Å². The highest BCUT2D eigenvalue weighted by Gasteiger charge is 1.99. The van der Waals surface area contributed by atoms with Crippen LogP contribution in [0, 0.1) is 0 Å². The Bertz CT molecular complexity index is 393. The summed E-state index contributed by atoms with van der Waals surface area (Å²) in [6.07, 6.45) is 5.49. The van der Waals surface area contributed by atoms with E-state index in [1.165, 1.54) is 26.2 Å². The van der Waals surface area contributed by atoms with Gasteiger partial charge in [-0.25, -0.2) is 0 Å². The van der Waals surface area contributed by atoms with Crippen LogP contribution in [0.1, 0.15) is 38.2 Å². The third-order valence-corrected chi connectivity index (χ3v) is 3.45. The second kappa shape index (κ2) is 10.7. The Labute approximate surface area is 129 Å². The van der Waals surface area contributed by atoms with Crippen molar-refractivity contribution in [1.29, 1.82) is 0 Å². The van der Waals surface area contributed by atoms with Gasteiger partial charge in [-0.05, 0) is 30.5 Å². The van der Waals surface area contributed by atoms with Crippen molar-refractivity contribution < 1.29 is 14.3 Å². The zero-order valence-electron chi connectivity index (χ0n) is 12.1. The standard InChI is InChI=1S/C16H23BrO3/c1-14(18)19-12-9-15-7-6-8-16(13-15)20-11-5-3-2-4-10-17/h6-8,13H,2-5,9-12H2,1H3. The number of carbonyl (C=O) groups excluding carboxylic acids is 1. The number of rotatable bonds is 10. The van der Waals surface area contributed by atoms with Gasteiger partial charge in [-0.1, -0.05) is 40.9 Å². The Morgan fingerprint density at radius 1 is 1.15 bits per heavy atom. The summed E-state index contributed by atoms with van der Waals surface area (Å²) in [5.74, 6) is 0.659. The number of halogens is 1. The molecule has 20 heavy (non-hydrogen) atoms. The molecule has 0 atom stereocenters. The van der Waals surface area contributed by atoms with Crippen LogP contribution in [0.3, 0.4) is 0 Å². The number of esters is 1. The number of ether oxygens (including phenoxy) is 2. The molecule has 0 aromatic heterocycles. The lowest BCUT2D eigenvalue weighted by Gasteiger charge is -2.08. The molecule has 1 rings (SSSR count). The van der Waals surface area contributed by atoms with Gasteiger partial charge in [0.2, 0.25) is 0 Å². The van der Waals surface area contributed by atoms with E-state index in [2.05, 4.69) is 15.9 Å². The fourth-order valence-corrected chi connectivity index (χ4v) is 2.24. The summed E-state index contributed by atoms with van der Waals surface area (Å²) in [5.41, 5.74) is 1.13. The van der Waals surface area contributed by atoms with Gasteiger partial charge in [-0.2, -0.15) is 0 Å². The first-order valence-corrected chi connectivity index (χ1v) is 8.25. The maximum atomic E-state index is 10.7. The minimum absolute atomic E-state index is 0.235. The van der Waals surface area contributed by atoms with Gasteiger partial charge < -0.3 is 9.47 Å². The molecule has 0 saturated carbocycles. The number of hydrogen-bond donors (Lipinski definition) is 0. The van der Waals surface area contributed by atoms with Crippen LogP contribution >= 0.6 is 15.9 Å². The van der Waals surface area contributed by atoms with Crippen LogP contribution in [0.15, 0.2) is 24.3 Å². The highest BCUT2D eigenvalue weighted by molar-refractivity contribution is 9.09. The van der Waals surface area contributed by atoms with Crippen molar-refractivity contribution in [3.63, 3.8) is 0 Å². The highest BCUT2D eigenvalue weighted by Crippen LogP contribution is 2.14. The fourth-order valence-electron chi connectivity index (χ4n) is 1.84. The molecule has 1 aromatic rings. The molecule has 0 saturated heterocycles. The molecule has 4 heteroatoms. The normalized spacial score (nSPS) is 10.3. The first-order chi connectivity index (χ1) is 9.72. The summed E-state index contributed by atoms with van der Waals surface area (Å²) in [7, 11) is 0. The molecule has 0 aliphatic rings. The van der Waals surface area contributed by atoms with Gasteiger partial charge in [-0.15, -0.1) is 0 Å². The van der Waals surface area contributed by atoms with Gasteiger partial charge >= 0.3 is 5.97 Å². The van der Waals surface area contributed by atoms with Crippen molar-refractivity contribution >= 4 is 21.9 Å². The Morgan fingerprint density at radius 3 is 2.70 bits per heavy atom. The lowest BCUT2D eigenvalue weighted by molar-refractivity contribution is -0.140. The minimum Gasteiger partial charge on any atom is -0.494 e. The summed E-state index contributed by atoms with van der Waals surface area (Å²) >= 11 is 3.43. The summed E-state index contributed by atoms with van der Waals surface area (Å²) in [6, 6.07) is 7.98. The van der Waals surface area contributed by atoms with Gasteiger partial charge in [0.05, 0.1) is 13.2 Å². The number of carbonyl (C=O) groups is 1. The molecule has 1 aromatic carbocycles. The number of alkyl halides is 1. The van der Waals surface area contributed by atoms with Crippen molar-refractivity contribution in [3.8, 4) is 5.75 Å². The molecule has 112 valence electrons. The zero-order valence-corrected chi connectivity index (χ0v) is 13.7. The van der Waals surface area contributed by atoms with Gasteiger partial charge in [0, 0.05) is 18.7 Å². The van der Waals surface area contributed by atoms with Crippen molar-refractivity contribution in [1.82, 2.24) is 0 Å². The van der Waals surface area contributed by atoms with Crippen molar-refractivity contribution in [2.45, 2.75) is 39.0 Å². The van der Waals surface area contributed by atoms with Crippen LogP contribution in [0.2, 0.25) is 0 Å². The number of unbranched alkanes of at least 4 members (excludes halogenated alkanes) is 3. The molecule has 0 amide bonds. The predicted molar refractivity (Wildman–Crippen MR) is 84.5 cm³/mol. The fraction of sp³-hybridized carbons (Fsp3) is 0.562. The lowest BCUT2D eigenvalue weighted by Crippen LogP contribution is -2.03. The van der Waals surface area contributed by atoms with Crippen LogP contribution in [0.25, 0.3) is 0 Å². The molecule has 0 aliphatic carbocycles. The monoisotopic (exact) mass is 342 g/mol. The third kappa shape index (κ3) is 8.20. The number of hydrogen-bond acceptors (Lipinski definition) is 3. The Morgan fingerprint density at radius 2 is 1.95 bits per heavy atom. The van der Waals surface area contributed by atoms with Crippen LogP contribution < -0.4 is 4.74 Å². The molecule has 0 unspecified atom stereocenters. The molecular weight excluding hydrogens is 320 g/mol. The second-order valence-corrected chi connectivity index (χ2v) is 5.48. The van der Waals surface area contributed by atoms with E-state index in [4.69, 9.17) is 9.47 Å². The molecule has 0 spiro atoms. The van der Waals surface area contributed by atoms with Crippen molar-refractivity contribution in [2.24, 2.45) is 0 Å². The zero-order chi connectivity index (χ0) is 14.6. The maximum Gasteiger partial charge on any atom is 0.302 e. The van der Waals surface area contributed by atoms with Gasteiger partial charge in [0.25, 0.3) is 0 Å². The molecular formula is C16H23BrO3. The minimum atomic E-state index is -0.235. The molecule has 0 N–H and O–H groups in total. The smallest absolute Gasteiger partial charge is 0.302 e. The van der Waals surface area contributed by atoms with E-state index in [9.17, 15) is 4.79 Å². The van der Waals surface area contributed by atoms with Crippen LogP contribution in [0.5, 0.6) is 5.75 Å². The molecule has 0 bridgehead atoms. The first kappa shape index (κ1) is 17.0. The van der Waals surface area contributed by atoms with Gasteiger partial charge in [-0.3, -0.25) is 4.79 Å². The molecule has 0 heterocycles. The third-order valence-electron chi connectivity index (χ3n) is 2.89. The summed E-state index contributed by atoms with van der Waals surface area (Å²) in [6.45, 7) is 2.61. The van der Waals surface area contributed by atoms with Crippen molar-refractivity contribution in [2.75, 3.05) is 18.5 Å². The van der Waals surface area contributed by atoms with Gasteiger partial charge in [0.15, 0.2) is 0 Å². The lowest BCUT2D eigenvalue weighted by atomic mass is 10.1. The summed E-state index contributed by atoms with van der Waals surface area (Å²) in [4.78, 5) is 10.7. The van der Waals surface area contributed by atoms with E-state index < -0.39 is 0 Å². The highest BCUT2D eigenvalue weighted by atomic mass is 79.9. The van der Waals surface area contributed by atoms with Crippen LogP contribution in [-0.4, -0.2) is 24.5 Å². The summed E-state index contributed by atoms with van der Waals surface area (Å²) in [5, 5.41) is 1.08. The van der Waals surface area contributed by atoms with E-state index in [0.29, 0.717) is 6.61 Å². The average molecular weight is 343 g/mol. The quantitative estimate of drug-likeness (QED) is 0.364. The Kier molecular flexibility index (Phi) is 9.13. The van der Waals surface area contributed by atoms with Crippen LogP contribution in [0.4, 0.5) is 0 Å². The van der Waals surface area contributed by atoms with Crippen LogP contribution in [-0.2, 0) is 16.0 Å². The van der Waals surface area contributed by atoms with E-state index in [0.717, 1.165) is 36.1 Å². The van der Waals surface area contributed by atoms with E-state index in [1.807, 2.05) is 24.3 Å². The largest absolute Gasteiger partial charge is 0.494 e. The molecule has 3 nitrogen and oxygen atoms in total. The van der Waals surface area contributed by atoms with Crippen molar-refractivity contribution in [3.05, 3.63) is 29.8 Å². The average Bonchev–Trinajstić information content (AvgIpc) is 2.43. The maximum absolute atomic E-state index is 10.7. The van der Waals surface area contributed by atoms with Gasteiger partial charge in [0.1, 0.15) is 5.75 Å². The SMILES string of the molecule is CC(=O)OCCc1cccc(OCCCCCCBr)c1. The second-order valence-electron chi connectivity index (χ2n) is 4.69. The summed E-state index contributed by atoms with van der Waals surface area (Å²) < 4.78 is 10.7. The van der Waals surface area contributed by atoms with E-state index >= 15 is 0 Å². The molecule has 0 fully saturated rings. The Balaban J connectivity index is 2.23. The van der Waals surface area contributed by atoms with E-state index in [1.54, 1.807) is 0 Å². The molecule has 0 radical (unpaired) electrons.